The summed E-state index contributed by atoms with van der Waals surface area (Å²) >= 11 is 0. The summed E-state index contributed by atoms with van der Waals surface area (Å²) in [5.41, 5.74) is 19.7. The number of aromatic amines is 1. The molecule has 0 aliphatic rings. The Morgan fingerprint density at radius 3 is 2.43 bits per heavy atom. The van der Waals surface area contributed by atoms with Crippen LogP contribution in [0.2, 0.25) is 0 Å². The van der Waals surface area contributed by atoms with Gasteiger partial charge in [0.05, 0.1) is 5.56 Å². The topological polar surface area (TPSA) is 140 Å². The van der Waals surface area contributed by atoms with Crippen LogP contribution >= 0.6 is 0 Å². The number of rotatable bonds is 3. The van der Waals surface area contributed by atoms with Crippen molar-refractivity contribution in [2.24, 2.45) is 11.5 Å². The Balaban J connectivity index is 2.19. The zero-order chi connectivity index (χ0) is 16.6. The van der Waals surface area contributed by atoms with Crippen molar-refractivity contribution in [2.75, 3.05) is 11.1 Å². The van der Waals surface area contributed by atoms with Gasteiger partial charge in [-0.05, 0) is 17.7 Å². The first-order valence-electron chi connectivity index (χ1n) is 6.84. The molecule has 3 rings (SSSR count). The molecule has 1 aromatic heterocycles. The molecule has 0 atom stereocenters. The lowest BCUT2D eigenvalue weighted by atomic mass is 10.0. The second kappa shape index (κ2) is 5.38. The number of nitrogen functional groups attached to an aromatic ring is 1. The molecule has 7 nitrogen and oxygen atoms in total. The van der Waals surface area contributed by atoms with Crippen LogP contribution < -0.4 is 22.5 Å². The molecule has 7 heteroatoms. The monoisotopic (exact) mass is 309 g/mol. The third-order valence-electron chi connectivity index (χ3n) is 3.56. The van der Waals surface area contributed by atoms with Gasteiger partial charge < -0.3 is 22.2 Å². The molecule has 3 amide bonds. The highest BCUT2D eigenvalue weighted by molar-refractivity contribution is 6.13. The van der Waals surface area contributed by atoms with Crippen LogP contribution in [0.25, 0.3) is 22.0 Å². The first-order valence-corrected chi connectivity index (χ1v) is 6.84. The Kier molecular flexibility index (Phi) is 3.38. The van der Waals surface area contributed by atoms with E-state index in [1.165, 1.54) is 0 Å². The fourth-order valence-electron chi connectivity index (χ4n) is 2.60. The molecule has 1 heterocycles. The van der Waals surface area contributed by atoms with Gasteiger partial charge >= 0.3 is 6.03 Å². The van der Waals surface area contributed by atoms with Crippen LogP contribution in [0, 0.1) is 0 Å². The number of urea groups is 1. The van der Waals surface area contributed by atoms with E-state index >= 15 is 0 Å². The average Bonchev–Trinajstić information content (AvgIpc) is 2.83. The number of fused-ring (bicyclic) bond motifs is 1. The van der Waals surface area contributed by atoms with Crippen molar-refractivity contribution in [1.82, 2.24) is 4.98 Å². The number of primary amides is 2. The number of H-pyrrole nitrogens is 1. The lowest BCUT2D eigenvalue weighted by Gasteiger charge is -2.05. The number of nitrogens with two attached hydrogens (primary N) is 3. The van der Waals surface area contributed by atoms with Crippen molar-refractivity contribution in [3.8, 4) is 11.1 Å². The van der Waals surface area contributed by atoms with Crippen molar-refractivity contribution >= 4 is 34.3 Å². The van der Waals surface area contributed by atoms with Gasteiger partial charge in [-0.3, -0.25) is 10.1 Å². The minimum Gasteiger partial charge on any atom is -0.398 e. The predicted octanol–water partition coefficient (Wildman–Crippen LogP) is 2.01. The Labute approximate surface area is 131 Å². The van der Waals surface area contributed by atoms with Crippen LogP contribution in [0.1, 0.15) is 10.4 Å². The maximum absolute atomic E-state index is 11.7. The first-order chi connectivity index (χ1) is 11.0. The number of amides is 3. The summed E-state index contributed by atoms with van der Waals surface area (Å²) in [5.74, 6) is -0.481. The maximum atomic E-state index is 11.7. The molecule has 3 aromatic rings. The molecule has 0 unspecified atom stereocenters. The summed E-state index contributed by atoms with van der Waals surface area (Å²) in [6, 6.07) is 12.1. The molecule has 0 radical (unpaired) electrons. The van der Waals surface area contributed by atoms with Crippen molar-refractivity contribution in [3.05, 3.63) is 48.0 Å². The van der Waals surface area contributed by atoms with Gasteiger partial charge in [0, 0.05) is 22.2 Å². The highest BCUT2D eigenvalue weighted by Gasteiger charge is 2.18. The number of carbonyl (C=O) groups is 2. The van der Waals surface area contributed by atoms with Crippen LogP contribution in [0.3, 0.4) is 0 Å². The Bertz CT molecular complexity index is 929. The molecule has 0 saturated carbocycles. The van der Waals surface area contributed by atoms with Crippen LogP contribution in [-0.4, -0.2) is 16.9 Å². The van der Waals surface area contributed by atoms with Crippen LogP contribution in [0.4, 0.5) is 16.3 Å². The van der Waals surface area contributed by atoms with E-state index in [0.29, 0.717) is 16.6 Å². The summed E-state index contributed by atoms with van der Waals surface area (Å²) in [7, 11) is 0. The number of anilines is 2. The standard InChI is InChI=1S/C16H15N5O2/c17-11-4-2-1-3-9(11)8-5-6-10-12(7-8)20-15(21-16(19)23)13(10)14(18)22/h1-7,20H,17H2,(H2,18,22)(H3,19,21,23). The summed E-state index contributed by atoms with van der Waals surface area (Å²) < 4.78 is 0. The third-order valence-corrected chi connectivity index (χ3v) is 3.56. The smallest absolute Gasteiger partial charge is 0.317 e. The number of nitrogens with one attached hydrogen (secondary N) is 2. The van der Waals surface area contributed by atoms with Gasteiger partial charge in [-0.1, -0.05) is 30.3 Å². The number of benzene rings is 2. The molecular weight excluding hydrogens is 294 g/mol. The highest BCUT2D eigenvalue weighted by Crippen LogP contribution is 2.32. The zero-order valence-corrected chi connectivity index (χ0v) is 12.1. The minimum absolute atomic E-state index is 0.179. The van der Waals surface area contributed by atoms with Gasteiger partial charge in [0.1, 0.15) is 5.82 Å². The summed E-state index contributed by atoms with van der Waals surface area (Å²) in [6.45, 7) is 0. The number of aromatic nitrogens is 1. The summed E-state index contributed by atoms with van der Waals surface area (Å²) in [4.78, 5) is 25.7. The van der Waals surface area contributed by atoms with Gasteiger partial charge in [-0.2, -0.15) is 0 Å². The van der Waals surface area contributed by atoms with Gasteiger partial charge in [-0.15, -0.1) is 0 Å². The van der Waals surface area contributed by atoms with Crippen molar-refractivity contribution < 1.29 is 9.59 Å². The van der Waals surface area contributed by atoms with Gasteiger partial charge in [0.2, 0.25) is 0 Å². The van der Waals surface area contributed by atoms with Crippen molar-refractivity contribution in [3.63, 3.8) is 0 Å². The molecule has 116 valence electrons. The molecule has 2 aromatic carbocycles. The number of hydrogen-bond donors (Lipinski definition) is 5. The molecule has 0 aliphatic heterocycles. The normalized spacial score (nSPS) is 10.6. The van der Waals surface area contributed by atoms with E-state index in [1.807, 2.05) is 36.4 Å². The zero-order valence-electron chi connectivity index (χ0n) is 12.1. The Morgan fingerprint density at radius 2 is 1.78 bits per heavy atom. The molecule has 0 bridgehead atoms. The van der Waals surface area contributed by atoms with Crippen LogP contribution in [0.15, 0.2) is 42.5 Å². The number of carbonyl (C=O) groups excluding carboxylic acids is 2. The van der Waals surface area contributed by atoms with E-state index in [2.05, 4.69) is 10.3 Å². The van der Waals surface area contributed by atoms with Crippen LogP contribution in [0.5, 0.6) is 0 Å². The SMILES string of the molecule is NC(=O)Nc1[nH]c2cc(-c3ccccc3N)ccc2c1C(N)=O. The lowest BCUT2D eigenvalue weighted by Crippen LogP contribution is -2.22. The molecule has 0 saturated heterocycles. The summed E-state index contributed by atoms with van der Waals surface area (Å²) in [5, 5.41) is 2.97. The molecule has 8 N–H and O–H groups in total. The second-order valence-corrected chi connectivity index (χ2v) is 5.08. The van der Waals surface area contributed by atoms with E-state index in [9.17, 15) is 9.59 Å². The molecular formula is C16H15N5O2. The number of hydrogen-bond acceptors (Lipinski definition) is 3. The Hall–Kier alpha value is -3.48. The first kappa shape index (κ1) is 14.5. The summed E-state index contributed by atoms with van der Waals surface area (Å²) in [6.07, 6.45) is 0. The Morgan fingerprint density at radius 1 is 1.04 bits per heavy atom. The van der Waals surface area contributed by atoms with Crippen molar-refractivity contribution in [1.29, 1.82) is 0 Å². The highest BCUT2D eigenvalue weighted by atomic mass is 16.2. The largest absolute Gasteiger partial charge is 0.398 e. The lowest BCUT2D eigenvalue weighted by molar-refractivity contribution is 0.100. The van der Waals surface area contributed by atoms with E-state index < -0.39 is 11.9 Å². The third kappa shape index (κ3) is 2.55. The maximum Gasteiger partial charge on any atom is 0.317 e. The van der Waals surface area contributed by atoms with Crippen molar-refractivity contribution in [2.45, 2.75) is 0 Å². The van der Waals surface area contributed by atoms with Gasteiger partial charge in [-0.25, -0.2) is 4.79 Å². The molecule has 0 aliphatic carbocycles. The van der Waals surface area contributed by atoms with Gasteiger partial charge in [0.25, 0.3) is 5.91 Å². The quantitative estimate of drug-likeness (QED) is 0.472. The van der Waals surface area contributed by atoms with E-state index in [-0.39, 0.29) is 11.4 Å². The molecule has 0 fully saturated rings. The second-order valence-electron chi connectivity index (χ2n) is 5.08. The van der Waals surface area contributed by atoms with Crippen LogP contribution in [-0.2, 0) is 0 Å². The van der Waals surface area contributed by atoms with E-state index in [0.717, 1.165) is 11.1 Å². The predicted molar refractivity (Wildman–Crippen MR) is 89.9 cm³/mol. The van der Waals surface area contributed by atoms with E-state index in [4.69, 9.17) is 17.2 Å². The van der Waals surface area contributed by atoms with E-state index in [1.54, 1.807) is 6.07 Å². The molecule has 0 spiro atoms. The van der Waals surface area contributed by atoms with Gasteiger partial charge in [0.15, 0.2) is 0 Å². The minimum atomic E-state index is -0.786. The molecule has 23 heavy (non-hydrogen) atoms. The fourth-order valence-corrected chi connectivity index (χ4v) is 2.60. The average molecular weight is 309 g/mol. The number of para-hydroxylation sites is 1. The fraction of sp³-hybridized carbons (Fsp3) is 0.